The summed E-state index contributed by atoms with van der Waals surface area (Å²) in [6.45, 7) is 2.34. The molecule has 80 valence electrons. The summed E-state index contributed by atoms with van der Waals surface area (Å²) in [5.74, 6) is 1.27. The van der Waals surface area contributed by atoms with Crippen LogP contribution in [0.2, 0.25) is 0 Å². The summed E-state index contributed by atoms with van der Waals surface area (Å²) in [5, 5.41) is 18.4. The first-order valence-electron chi connectivity index (χ1n) is 4.75. The summed E-state index contributed by atoms with van der Waals surface area (Å²) in [7, 11) is 0. The zero-order valence-corrected chi connectivity index (χ0v) is 8.73. The number of hydrogen-bond donors (Lipinski definition) is 2. The highest BCUT2D eigenvalue weighted by Gasteiger charge is 2.04. The highest BCUT2D eigenvalue weighted by molar-refractivity contribution is 5.52. The third kappa shape index (κ3) is 2.15. The average Bonchev–Trinajstić information content (AvgIpc) is 2.79. The third-order valence-corrected chi connectivity index (χ3v) is 2.04. The van der Waals surface area contributed by atoms with Crippen molar-refractivity contribution >= 4 is 5.82 Å². The van der Waals surface area contributed by atoms with E-state index in [1.165, 1.54) is 6.33 Å². The van der Waals surface area contributed by atoms with E-state index in [1.54, 1.807) is 12.1 Å². The van der Waals surface area contributed by atoms with Gasteiger partial charge in [-0.05, 0) is 19.1 Å². The molecule has 0 fully saturated rings. The number of nitrogens with zero attached hydrogens (tertiary/aromatic N) is 4. The van der Waals surface area contributed by atoms with Crippen molar-refractivity contribution in [1.82, 2.24) is 20.2 Å². The van der Waals surface area contributed by atoms with Gasteiger partial charge in [0.15, 0.2) is 0 Å². The minimum Gasteiger partial charge on any atom is -0.362 e. The summed E-state index contributed by atoms with van der Waals surface area (Å²) in [6, 6.07) is 5.63. The highest BCUT2D eigenvalue weighted by atomic mass is 15.2. The predicted octanol–water partition coefficient (Wildman–Crippen LogP) is 0.992. The maximum absolute atomic E-state index is 8.90. The quantitative estimate of drug-likeness (QED) is 0.795. The van der Waals surface area contributed by atoms with E-state index in [2.05, 4.69) is 31.6 Å². The Balaban J connectivity index is 2.15. The number of aryl methyl sites for hydroxylation is 1. The van der Waals surface area contributed by atoms with E-state index >= 15 is 0 Å². The van der Waals surface area contributed by atoms with Crippen molar-refractivity contribution in [1.29, 1.82) is 5.26 Å². The number of nitrogens with one attached hydrogen (secondary N) is 2. The molecule has 0 radical (unpaired) electrons. The Labute approximate surface area is 92.4 Å². The molecule has 0 saturated carbocycles. The monoisotopic (exact) mass is 214 g/mol. The van der Waals surface area contributed by atoms with Crippen LogP contribution in [-0.2, 0) is 6.54 Å². The van der Waals surface area contributed by atoms with Crippen LogP contribution < -0.4 is 5.32 Å². The number of hydrogen-bond acceptors (Lipinski definition) is 5. The van der Waals surface area contributed by atoms with E-state index in [0.717, 1.165) is 5.69 Å². The van der Waals surface area contributed by atoms with Gasteiger partial charge < -0.3 is 5.32 Å². The zero-order chi connectivity index (χ0) is 11.4. The van der Waals surface area contributed by atoms with Gasteiger partial charge in [0.05, 0.1) is 12.1 Å². The molecule has 0 saturated heterocycles. The summed E-state index contributed by atoms with van der Waals surface area (Å²) >= 11 is 0. The Morgan fingerprint density at radius 3 is 3.06 bits per heavy atom. The summed E-state index contributed by atoms with van der Waals surface area (Å²) in [4.78, 5) is 8.22. The number of H-pyrrole nitrogens is 1. The molecule has 2 heterocycles. The standard InChI is InChI=1S/C10H10N6/c1-7-2-3-8(4-11)10(15-7)12-5-9-13-6-14-16-9/h2-3,6H,5H2,1H3,(H,12,15)(H,13,14,16). The van der Waals surface area contributed by atoms with E-state index in [-0.39, 0.29) is 0 Å². The van der Waals surface area contributed by atoms with E-state index in [4.69, 9.17) is 5.26 Å². The molecule has 0 aliphatic rings. The number of anilines is 1. The lowest BCUT2D eigenvalue weighted by Crippen LogP contribution is -2.05. The maximum atomic E-state index is 8.90. The Morgan fingerprint density at radius 1 is 1.50 bits per heavy atom. The van der Waals surface area contributed by atoms with E-state index < -0.39 is 0 Å². The molecule has 2 rings (SSSR count). The highest BCUT2D eigenvalue weighted by Crippen LogP contribution is 2.12. The Hall–Kier alpha value is -2.42. The molecule has 2 N–H and O–H groups in total. The van der Waals surface area contributed by atoms with Crippen molar-refractivity contribution in [2.45, 2.75) is 13.5 Å². The molecule has 0 unspecified atom stereocenters. The van der Waals surface area contributed by atoms with Gasteiger partial charge in [0.1, 0.15) is 24.0 Å². The molecule has 0 aliphatic carbocycles. The number of nitriles is 1. The molecule has 16 heavy (non-hydrogen) atoms. The smallest absolute Gasteiger partial charge is 0.144 e. The van der Waals surface area contributed by atoms with Gasteiger partial charge in [-0.15, -0.1) is 0 Å². The second-order valence-corrected chi connectivity index (χ2v) is 3.25. The number of pyridine rings is 1. The summed E-state index contributed by atoms with van der Waals surface area (Å²) in [6.07, 6.45) is 1.44. The molecular weight excluding hydrogens is 204 g/mol. The van der Waals surface area contributed by atoms with Gasteiger partial charge in [-0.3, -0.25) is 5.10 Å². The first kappa shape index (κ1) is 10.1. The molecule has 6 heteroatoms. The molecule has 0 spiro atoms. The van der Waals surface area contributed by atoms with Crippen LogP contribution in [0.5, 0.6) is 0 Å². The van der Waals surface area contributed by atoms with E-state index in [9.17, 15) is 0 Å². The first-order chi connectivity index (χ1) is 7.79. The van der Waals surface area contributed by atoms with Crippen molar-refractivity contribution in [3.8, 4) is 6.07 Å². The van der Waals surface area contributed by atoms with Crippen LogP contribution in [0.15, 0.2) is 18.5 Å². The molecule has 2 aromatic heterocycles. The SMILES string of the molecule is Cc1ccc(C#N)c(NCc2ncn[nH]2)n1. The predicted molar refractivity (Wildman–Crippen MR) is 57.4 cm³/mol. The fourth-order valence-corrected chi connectivity index (χ4v) is 1.27. The van der Waals surface area contributed by atoms with Crippen molar-refractivity contribution in [2.24, 2.45) is 0 Å². The minimum atomic E-state index is 0.463. The van der Waals surface area contributed by atoms with Gasteiger partial charge in [-0.2, -0.15) is 10.4 Å². The van der Waals surface area contributed by atoms with Gasteiger partial charge in [0, 0.05) is 5.69 Å². The molecule has 0 bridgehead atoms. The zero-order valence-electron chi connectivity index (χ0n) is 8.73. The summed E-state index contributed by atoms with van der Waals surface area (Å²) < 4.78 is 0. The van der Waals surface area contributed by atoms with Crippen LogP contribution in [0.4, 0.5) is 5.82 Å². The lowest BCUT2D eigenvalue weighted by Gasteiger charge is -2.05. The fraction of sp³-hybridized carbons (Fsp3) is 0.200. The molecule has 0 amide bonds. The van der Waals surface area contributed by atoms with Crippen molar-refractivity contribution in [3.63, 3.8) is 0 Å². The van der Waals surface area contributed by atoms with Crippen LogP contribution in [0, 0.1) is 18.3 Å². The molecular formula is C10H10N6. The van der Waals surface area contributed by atoms with Crippen molar-refractivity contribution in [3.05, 3.63) is 35.5 Å². The van der Waals surface area contributed by atoms with Crippen LogP contribution in [0.1, 0.15) is 17.1 Å². The molecule has 2 aromatic rings. The van der Waals surface area contributed by atoms with Gasteiger partial charge in [-0.1, -0.05) is 0 Å². The lowest BCUT2D eigenvalue weighted by atomic mass is 10.2. The summed E-state index contributed by atoms with van der Waals surface area (Å²) in [5.41, 5.74) is 1.38. The van der Waals surface area contributed by atoms with Crippen LogP contribution in [0.25, 0.3) is 0 Å². The van der Waals surface area contributed by atoms with Crippen molar-refractivity contribution < 1.29 is 0 Å². The van der Waals surface area contributed by atoms with Gasteiger partial charge in [0.25, 0.3) is 0 Å². The number of rotatable bonds is 3. The number of aromatic amines is 1. The van der Waals surface area contributed by atoms with Gasteiger partial charge >= 0.3 is 0 Å². The third-order valence-electron chi connectivity index (χ3n) is 2.04. The largest absolute Gasteiger partial charge is 0.362 e. The second-order valence-electron chi connectivity index (χ2n) is 3.25. The second kappa shape index (κ2) is 4.40. The molecule has 0 aliphatic heterocycles. The van der Waals surface area contributed by atoms with Crippen LogP contribution in [0.3, 0.4) is 0 Å². The van der Waals surface area contributed by atoms with Crippen LogP contribution >= 0.6 is 0 Å². The Bertz CT molecular complexity index is 511. The Kier molecular flexibility index (Phi) is 2.78. The number of aromatic nitrogens is 4. The van der Waals surface area contributed by atoms with E-state index in [1.807, 2.05) is 6.92 Å². The van der Waals surface area contributed by atoms with Crippen LogP contribution in [-0.4, -0.2) is 20.2 Å². The van der Waals surface area contributed by atoms with Gasteiger partial charge in [0.2, 0.25) is 0 Å². The molecule has 0 atom stereocenters. The van der Waals surface area contributed by atoms with Gasteiger partial charge in [-0.25, -0.2) is 9.97 Å². The first-order valence-corrected chi connectivity index (χ1v) is 4.75. The molecule has 0 aromatic carbocycles. The van der Waals surface area contributed by atoms with Crippen molar-refractivity contribution in [2.75, 3.05) is 5.32 Å². The fourth-order valence-electron chi connectivity index (χ4n) is 1.27. The van der Waals surface area contributed by atoms with E-state index in [0.29, 0.717) is 23.8 Å². The molecule has 6 nitrogen and oxygen atoms in total. The Morgan fingerprint density at radius 2 is 2.38 bits per heavy atom. The normalized spacial score (nSPS) is 9.75. The maximum Gasteiger partial charge on any atom is 0.144 e. The lowest BCUT2D eigenvalue weighted by molar-refractivity contribution is 0.944. The topological polar surface area (TPSA) is 90.3 Å². The minimum absolute atomic E-state index is 0.463. The average molecular weight is 214 g/mol.